The molecule has 0 amide bonds. The fourth-order valence-electron chi connectivity index (χ4n) is 1.77. The Morgan fingerprint density at radius 2 is 2.17 bits per heavy atom. The quantitative estimate of drug-likeness (QED) is 0.876. The topological polar surface area (TPSA) is 12.0 Å². The lowest BCUT2D eigenvalue weighted by molar-refractivity contribution is 0.579. The second-order valence-electron chi connectivity index (χ2n) is 4.41. The summed E-state index contributed by atoms with van der Waals surface area (Å²) in [5, 5.41) is 5.43. The third-order valence-corrected chi connectivity index (χ3v) is 5.07. The highest BCUT2D eigenvalue weighted by Crippen LogP contribution is 2.34. The van der Waals surface area contributed by atoms with Gasteiger partial charge in [-0.05, 0) is 36.4 Å². The molecule has 1 aliphatic carbocycles. The summed E-state index contributed by atoms with van der Waals surface area (Å²) in [5.41, 5.74) is 0.794. The Morgan fingerprint density at radius 1 is 1.28 bits per heavy atom. The molecule has 0 atom stereocenters. The van der Waals surface area contributed by atoms with Crippen LogP contribution in [-0.2, 0) is 6.54 Å². The molecular formula is C14H14FNS2. The summed E-state index contributed by atoms with van der Waals surface area (Å²) in [4.78, 5) is 1.02. The third-order valence-electron chi connectivity index (χ3n) is 2.93. The van der Waals surface area contributed by atoms with Crippen LogP contribution in [0, 0.1) is 5.82 Å². The minimum absolute atomic E-state index is 0.107. The Kier molecular flexibility index (Phi) is 3.68. The predicted octanol–water partition coefficient (Wildman–Crippen LogP) is 4.29. The van der Waals surface area contributed by atoms with Crippen LogP contribution in [0.15, 0.2) is 44.8 Å². The molecule has 0 saturated heterocycles. The molecule has 0 bridgehead atoms. The Morgan fingerprint density at radius 3 is 2.89 bits per heavy atom. The van der Waals surface area contributed by atoms with E-state index in [1.807, 2.05) is 17.5 Å². The van der Waals surface area contributed by atoms with Gasteiger partial charge in [0.1, 0.15) is 5.82 Å². The molecule has 1 N–H and O–H groups in total. The van der Waals surface area contributed by atoms with Crippen LogP contribution in [-0.4, -0.2) is 6.04 Å². The molecule has 1 aliphatic rings. The first kappa shape index (κ1) is 12.2. The van der Waals surface area contributed by atoms with Gasteiger partial charge in [0.05, 0.1) is 4.21 Å². The number of thiophene rings is 1. The van der Waals surface area contributed by atoms with Crippen LogP contribution in [0.3, 0.4) is 0 Å². The lowest BCUT2D eigenvalue weighted by Gasteiger charge is -2.10. The third kappa shape index (κ3) is 2.94. The fraction of sp³-hybridized carbons (Fsp3) is 0.286. The molecule has 0 spiro atoms. The van der Waals surface area contributed by atoms with Gasteiger partial charge in [0.2, 0.25) is 0 Å². The molecule has 1 aromatic heterocycles. The Hall–Kier alpha value is -0.840. The van der Waals surface area contributed by atoms with Crippen molar-refractivity contribution in [1.82, 2.24) is 5.32 Å². The Balaban J connectivity index is 1.80. The van der Waals surface area contributed by atoms with E-state index in [1.54, 1.807) is 35.2 Å². The molecule has 0 unspecified atom stereocenters. The monoisotopic (exact) mass is 279 g/mol. The van der Waals surface area contributed by atoms with Crippen molar-refractivity contribution in [3.63, 3.8) is 0 Å². The lowest BCUT2D eigenvalue weighted by Crippen LogP contribution is -2.16. The van der Waals surface area contributed by atoms with E-state index in [-0.39, 0.29) is 5.82 Å². The van der Waals surface area contributed by atoms with E-state index in [2.05, 4.69) is 11.4 Å². The Labute approximate surface area is 114 Å². The maximum absolute atomic E-state index is 13.9. The van der Waals surface area contributed by atoms with Crippen molar-refractivity contribution in [3.8, 4) is 0 Å². The van der Waals surface area contributed by atoms with E-state index in [0.29, 0.717) is 12.6 Å². The molecular weight excluding hydrogens is 265 g/mol. The summed E-state index contributed by atoms with van der Waals surface area (Å²) >= 11 is 3.33. The average molecular weight is 279 g/mol. The predicted molar refractivity (Wildman–Crippen MR) is 74.7 cm³/mol. The summed E-state index contributed by atoms with van der Waals surface area (Å²) in [7, 11) is 0. The normalized spacial score (nSPS) is 14.9. The first-order valence-electron chi connectivity index (χ1n) is 6.05. The molecule has 1 aromatic carbocycles. The number of hydrogen-bond donors (Lipinski definition) is 1. The number of halogens is 1. The second kappa shape index (κ2) is 5.43. The van der Waals surface area contributed by atoms with Crippen LogP contribution in [0.5, 0.6) is 0 Å². The lowest BCUT2D eigenvalue weighted by atomic mass is 10.2. The molecule has 3 rings (SSSR count). The maximum atomic E-state index is 13.9. The van der Waals surface area contributed by atoms with E-state index in [0.717, 1.165) is 10.5 Å². The van der Waals surface area contributed by atoms with Crippen molar-refractivity contribution in [3.05, 3.63) is 47.1 Å². The van der Waals surface area contributed by atoms with Gasteiger partial charge in [0.15, 0.2) is 0 Å². The number of hydrogen-bond acceptors (Lipinski definition) is 3. The van der Waals surface area contributed by atoms with Gasteiger partial charge < -0.3 is 5.32 Å². The van der Waals surface area contributed by atoms with Crippen molar-refractivity contribution < 1.29 is 4.39 Å². The first-order valence-corrected chi connectivity index (χ1v) is 7.74. The van der Waals surface area contributed by atoms with Gasteiger partial charge in [-0.1, -0.05) is 23.9 Å². The van der Waals surface area contributed by atoms with E-state index in [9.17, 15) is 4.39 Å². The summed E-state index contributed by atoms with van der Waals surface area (Å²) in [5.74, 6) is -0.107. The highest BCUT2D eigenvalue weighted by Gasteiger charge is 2.21. The van der Waals surface area contributed by atoms with Crippen LogP contribution >= 0.6 is 23.1 Å². The van der Waals surface area contributed by atoms with Crippen LogP contribution in [0.25, 0.3) is 0 Å². The number of nitrogens with one attached hydrogen (secondary N) is 1. The minimum Gasteiger partial charge on any atom is -0.310 e. The highest BCUT2D eigenvalue weighted by molar-refractivity contribution is 8.01. The zero-order valence-electron chi connectivity index (χ0n) is 9.86. The fourth-order valence-corrected chi connectivity index (χ4v) is 3.65. The van der Waals surface area contributed by atoms with Crippen molar-refractivity contribution in [2.75, 3.05) is 0 Å². The molecule has 18 heavy (non-hydrogen) atoms. The smallest absolute Gasteiger partial charge is 0.128 e. The Bertz CT molecular complexity index is 521. The molecule has 1 heterocycles. The van der Waals surface area contributed by atoms with Crippen LogP contribution in [0.4, 0.5) is 4.39 Å². The van der Waals surface area contributed by atoms with Crippen LogP contribution in [0.1, 0.15) is 18.4 Å². The zero-order chi connectivity index (χ0) is 12.4. The zero-order valence-corrected chi connectivity index (χ0v) is 11.5. The van der Waals surface area contributed by atoms with E-state index in [4.69, 9.17) is 0 Å². The molecule has 2 aromatic rings. The van der Waals surface area contributed by atoms with Crippen LogP contribution in [0.2, 0.25) is 0 Å². The maximum Gasteiger partial charge on any atom is 0.128 e. The largest absolute Gasteiger partial charge is 0.310 e. The molecule has 1 nitrogen and oxygen atoms in total. The van der Waals surface area contributed by atoms with Gasteiger partial charge >= 0.3 is 0 Å². The van der Waals surface area contributed by atoms with Gasteiger partial charge in [-0.2, -0.15) is 0 Å². The van der Waals surface area contributed by atoms with E-state index < -0.39 is 0 Å². The summed E-state index contributed by atoms with van der Waals surface area (Å²) in [6, 6.07) is 10.0. The molecule has 4 heteroatoms. The average Bonchev–Trinajstić information content (AvgIpc) is 3.05. The minimum atomic E-state index is -0.107. The van der Waals surface area contributed by atoms with Gasteiger partial charge in [0, 0.05) is 23.0 Å². The first-order chi connectivity index (χ1) is 8.83. The molecule has 94 valence electrons. The van der Waals surface area contributed by atoms with Gasteiger partial charge in [-0.15, -0.1) is 11.3 Å². The number of rotatable bonds is 5. The second-order valence-corrected chi connectivity index (χ2v) is 6.70. The summed E-state index contributed by atoms with van der Waals surface area (Å²) in [6.07, 6.45) is 2.45. The van der Waals surface area contributed by atoms with Crippen molar-refractivity contribution in [2.24, 2.45) is 0 Å². The van der Waals surface area contributed by atoms with E-state index in [1.165, 1.54) is 17.1 Å². The summed E-state index contributed by atoms with van der Waals surface area (Å²) < 4.78 is 15.1. The van der Waals surface area contributed by atoms with Gasteiger partial charge in [-0.3, -0.25) is 0 Å². The van der Waals surface area contributed by atoms with E-state index >= 15 is 0 Å². The molecule has 0 radical (unpaired) electrons. The highest BCUT2D eigenvalue weighted by atomic mass is 32.2. The molecule has 1 saturated carbocycles. The summed E-state index contributed by atoms with van der Waals surface area (Å²) in [6.45, 7) is 0.630. The van der Waals surface area contributed by atoms with Crippen molar-refractivity contribution in [1.29, 1.82) is 0 Å². The molecule has 0 aliphatic heterocycles. The van der Waals surface area contributed by atoms with Crippen molar-refractivity contribution >= 4 is 23.1 Å². The van der Waals surface area contributed by atoms with Crippen molar-refractivity contribution in [2.45, 2.75) is 34.5 Å². The van der Waals surface area contributed by atoms with Crippen LogP contribution < -0.4 is 5.32 Å². The number of benzene rings is 1. The SMILES string of the molecule is Fc1cccc(Sc2cccs2)c1CNC1CC1. The van der Waals surface area contributed by atoms with Gasteiger partial charge in [0.25, 0.3) is 0 Å². The standard InChI is InChI=1S/C14H14FNS2/c15-12-3-1-4-13(18-14-5-2-8-17-14)11(12)9-16-10-6-7-10/h1-5,8,10,16H,6-7,9H2. The molecule has 1 fully saturated rings. The van der Waals surface area contributed by atoms with Gasteiger partial charge in [-0.25, -0.2) is 4.39 Å².